The molecule has 0 unspecified atom stereocenters. The fourth-order valence-corrected chi connectivity index (χ4v) is 3.87. The van der Waals surface area contributed by atoms with Crippen molar-refractivity contribution in [2.45, 2.75) is 0 Å². The number of benzene rings is 1. The van der Waals surface area contributed by atoms with Crippen LogP contribution in [0.1, 0.15) is 16.5 Å². The van der Waals surface area contributed by atoms with E-state index >= 15 is 0 Å². The number of oxazole rings is 1. The van der Waals surface area contributed by atoms with Crippen LogP contribution in [0.5, 0.6) is 0 Å². The number of halogens is 1. The van der Waals surface area contributed by atoms with Crippen LogP contribution >= 0.6 is 22.9 Å². The van der Waals surface area contributed by atoms with Gasteiger partial charge in [-0.3, -0.25) is 0 Å². The summed E-state index contributed by atoms with van der Waals surface area (Å²) in [7, 11) is 0. The van der Waals surface area contributed by atoms with Gasteiger partial charge in [0.15, 0.2) is 0 Å². The van der Waals surface area contributed by atoms with Gasteiger partial charge in [-0.05, 0) is 35.7 Å². The molecule has 0 radical (unpaired) electrons. The third kappa shape index (κ3) is 4.00. The van der Waals surface area contributed by atoms with E-state index in [2.05, 4.69) is 26.9 Å². The van der Waals surface area contributed by atoms with Crippen LogP contribution in [0.4, 0.5) is 11.6 Å². The second-order valence-corrected chi connectivity index (χ2v) is 7.54. The SMILES string of the molecule is N#Cc1nc(C=Cc2cccs2)oc1N1CCN(c2cccc(Cl)c2)CC1. The first-order chi connectivity index (χ1) is 13.2. The molecular formula is C20H17ClN4OS. The zero-order valence-corrected chi connectivity index (χ0v) is 16.1. The quantitative estimate of drug-likeness (QED) is 0.636. The molecule has 7 heteroatoms. The summed E-state index contributed by atoms with van der Waals surface area (Å²) >= 11 is 7.74. The highest BCUT2D eigenvalue weighted by atomic mass is 35.5. The molecule has 0 amide bonds. The van der Waals surface area contributed by atoms with Gasteiger partial charge in [-0.1, -0.05) is 23.7 Å². The highest BCUT2D eigenvalue weighted by Gasteiger charge is 2.24. The highest BCUT2D eigenvalue weighted by molar-refractivity contribution is 7.10. The minimum absolute atomic E-state index is 0.331. The van der Waals surface area contributed by atoms with Gasteiger partial charge in [0.1, 0.15) is 6.07 Å². The minimum atomic E-state index is 0.331. The number of rotatable bonds is 4. The number of piperazine rings is 1. The van der Waals surface area contributed by atoms with Crippen LogP contribution in [0, 0.1) is 11.3 Å². The molecule has 136 valence electrons. The van der Waals surface area contributed by atoms with Crippen molar-refractivity contribution in [1.29, 1.82) is 5.26 Å². The third-order valence-electron chi connectivity index (χ3n) is 4.41. The van der Waals surface area contributed by atoms with E-state index in [1.807, 2.05) is 41.8 Å². The van der Waals surface area contributed by atoms with Crippen molar-refractivity contribution in [3.8, 4) is 6.07 Å². The molecule has 3 heterocycles. The molecule has 0 bridgehead atoms. The Morgan fingerprint density at radius 3 is 2.63 bits per heavy atom. The first kappa shape index (κ1) is 17.7. The van der Waals surface area contributed by atoms with Gasteiger partial charge >= 0.3 is 0 Å². The Hall–Kier alpha value is -2.75. The predicted octanol–water partition coefficient (Wildman–Crippen LogP) is 4.76. The van der Waals surface area contributed by atoms with Crippen molar-refractivity contribution in [2.24, 2.45) is 0 Å². The molecule has 1 aliphatic heterocycles. The van der Waals surface area contributed by atoms with E-state index in [0.717, 1.165) is 41.8 Å². The number of anilines is 2. The van der Waals surface area contributed by atoms with E-state index in [9.17, 15) is 5.26 Å². The van der Waals surface area contributed by atoms with E-state index in [1.54, 1.807) is 17.4 Å². The molecule has 0 aliphatic carbocycles. The molecule has 1 fully saturated rings. The molecule has 0 N–H and O–H groups in total. The van der Waals surface area contributed by atoms with E-state index < -0.39 is 0 Å². The van der Waals surface area contributed by atoms with Crippen LogP contribution in [0.15, 0.2) is 46.2 Å². The monoisotopic (exact) mass is 396 g/mol. The Balaban J connectivity index is 1.47. The van der Waals surface area contributed by atoms with Gasteiger partial charge in [-0.25, -0.2) is 0 Å². The molecule has 27 heavy (non-hydrogen) atoms. The standard InChI is InChI=1S/C20H17ClN4OS/c21-15-3-1-4-16(13-15)24-8-10-25(11-9-24)20-18(14-22)23-19(26-20)7-6-17-5-2-12-27-17/h1-7,12-13H,8-11H2. The van der Waals surface area contributed by atoms with Gasteiger partial charge in [-0.2, -0.15) is 10.2 Å². The maximum Gasteiger partial charge on any atom is 0.235 e. The van der Waals surface area contributed by atoms with Gasteiger partial charge in [-0.15, -0.1) is 11.3 Å². The van der Waals surface area contributed by atoms with Gasteiger partial charge < -0.3 is 14.2 Å². The number of nitrogens with zero attached hydrogens (tertiary/aromatic N) is 4. The fourth-order valence-electron chi connectivity index (χ4n) is 3.07. The maximum atomic E-state index is 9.43. The Morgan fingerprint density at radius 1 is 1.11 bits per heavy atom. The molecular weight excluding hydrogens is 380 g/mol. The topological polar surface area (TPSA) is 56.3 Å². The molecule has 0 saturated carbocycles. The normalized spacial score (nSPS) is 14.7. The number of hydrogen-bond donors (Lipinski definition) is 0. The largest absolute Gasteiger partial charge is 0.420 e. The molecule has 1 saturated heterocycles. The highest BCUT2D eigenvalue weighted by Crippen LogP contribution is 2.26. The fraction of sp³-hybridized carbons (Fsp3) is 0.200. The summed E-state index contributed by atoms with van der Waals surface area (Å²) in [5, 5.41) is 12.2. The van der Waals surface area contributed by atoms with Crippen molar-refractivity contribution in [2.75, 3.05) is 36.0 Å². The molecule has 3 aromatic rings. The lowest BCUT2D eigenvalue weighted by molar-refractivity contribution is 0.513. The minimum Gasteiger partial charge on any atom is -0.420 e. The number of nitriles is 1. The van der Waals surface area contributed by atoms with E-state index in [4.69, 9.17) is 16.0 Å². The smallest absolute Gasteiger partial charge is 0.235 e. The Kier molecular flexibility index (Phi) is 5.14. The zero-order chi connectivity index (χ0) is 18.6. The van der Waals surface area contributed by atoms with Crippen LogP contribution < -0.4 is 9.80 Å². The lowest BCUT2D eigenvalue weighted by Crippen LogP contribution is -2.46. The van der Waals surface area contributed by atoms with Crippen molar-refractivity contribution in [3.05, 3.63) is 63.3 Å². The zero-order valence-electron chi connectivity index (χ0n) is 14.5. The summed E-state index contributed by atoms with van der Waals surface area (Å²) in [4.78, 5) is 9.78. The summed E-state index contributed by atoms with van der Waals surface area (Å²) in [5.41, 5.74) is 1.44. The summed E-state index contributed by atoms with van der Waals surface area (Å²) < 4.78 is 5.87. The van der Waals surface area contributed by atoms with Crippen molar-refractivity contribution >= 4 is 46.7 Å². The molecule has 5 nitrogen and oxygen atoms in total. The van der Waals surface area contributed by atoms with Gasteiger partial charge in [0, 0.05) is 47.8 Å². The van der Waals surface area contributed by atoms with E-state index in [1.165, 1.54) is 0 Å². The van der Waals surface area contributed by atoms with Crippen molar-refractivity contribution < 1.29 is 4.42 Å². The van der Waals surface area contributed by atoms with Crippen LogP contribution in [-0.2, 0) is 0 Å². The van der Waals surface area contributed by atoms with Crippen LogP contribution in [-0.4, -0.2) is 31.2 Å². The average molecular weight is 397 g/mol. The predicted molar refractivity (Wildman–Crippen MR) is 110 cm³/mol. The first-order valence-corrected chi connectivity index (χ1v) is 9.87. The van der Waals surface area contributed by atoms with Crippen molar-refractivity contribution in [3.63, 3.8) is 0 Å². The lowest BCUT2D eigenvalue weighted by Gasteiger charge is -2.35. The number of thiophene rings is 1. The van der Waals surface area contributed by atoms with E-state index in [0.29, 0.717) is 17.5 Å². The lowest BCUT2D eigenvalue weighted by atomic mass is 10.2. The van der Waals surface area contributed by atoms with Crippen LogP contribution in [0.2, 0.25) is 5.02 Å². The number of aromatic nitrogens is 1. The first-order valence-electron chi connectivity index (χ1n) is 8.61. The molecule has 0 atom stereocenters. The van der Waals surface area contributed by atoms with Crippen LogP contribution in [0.25, 0.3) is 12.2 Å². The molecule has 1 aromatic carbocycles. The number of hydrogen-bond acceptors (Lipinski definition) is 6. The van der Waals surface area contributed by atoms with Crippen molar-refractivity contribution in [1.82, 2.24) is 4.98 Å². The van der Waals surface area contributed by atoms with Gasteiger partial charge in [0.2, 0.25) is 17.5 Å². The average Bonchev–Trinajstić information content (AvgIpc) is 3.36. The van der Waals surface area contributed by atoms with Gasteiger partial charge in [0.25, 0.3) is 0 Å². The maximum absolute atomic E-state index is 9.43. The Bertz CT molecular complexity index is 982. The second-order valence-electron chi connectivity index (χ2n) is 6.12. The second kappa shape index (κ2) is 7.87. The molecule has 2 aromatic heterocycles. The Morgan fingerprint density at radius 2 is 1.93 bits per heavy atom. The third-order valence-corrected chi connectivity index (χ3v) is 5.48. The molecule has 0 spiro atoms. The summed E-state index contributed by atoms with van der Waals surface area (Å²) in [6, 6.07) is 14.0. The van der Waals surface area contributed by atoms with E-state index in [-0.39, 0.29) is 0 Å². The molecule has 1 aliphatic rings. The Labute approximate surface area is 166 Å². The summed E-state index contributed by atoms with van der Waals surface area (Å²) in [5.74, 6) is 1.00. The van der Waals surface area contributed by atoms with Crippen LogP contribution in [0.3, 0.4) is 0 Å². The van der Waals surface area contributed by atoms with Gasteiger partial charge in [0.05, 0.1) is 0 Å². The summed E-state index contributed by atoms with van der Waals surface area (Å²) in [6.07, 6.45) is 3.75. The summed E-state index contributed by atoms with van der Waals surface area (Å²) in [6.45, 7) is 3.16. The molecule has 4 rings (SSSR count).